The maximum absolute atomic E-state index is 15.0. The van der Waals surface area contributed by atoms with Gasteiger partial charge in [0.2, 0.25) is 0 Å². The largest absolute Gasteiger partial charge is 0.360 e. The van der Waals surface area contributed by atoms with Gasteiger partial charge in [-0.05, 0) is 36.6 Å². The summed E-state index contributed by atoms with van der Waals surface area (Å²) in [4.78, 5) is 17.5. The van der Waals surface area contributed by atoms with Gasteiger partial charge in [-0.3, -0.25) is 0 Å². The van der Waals surface area contributed by atoms with Gasteiger partial charge in [-0.1, -0.05) is 53.0 Å². The van der Waals surface area contributed by atoms with E-state index >= 15 is 0 Å². The monoisotopic (exact) mass is 442 g/mol. The number of nitrogens with one attached hydrogen (secondary N) is 1. The standard InChI is InChI=1S/C24H16ClFN6/c1-13-3-5-14(6-4-13)23-22-16(20-18(30-22)8-7-17(25)21(20)26)9-10-32(23)24-29-15(12-27)11-19(28-2)31-24/h3-8,11,23,30H,9-10H2,1H3. The van der Waals surface area contributed by atoms with Crippen molar-refractivity contribution in [2.45, 2.75) is 19.4 Å². The van der Waals surface area contributed by atoms with Gasteiger partial charge in [0.1, 0.15) is 11.8 Å². The van der Waals surface area contributed by atoms with Crippen molar-refractivity contribution >= 4 is 34.3 Å². The third kappa shape index (κ3) is 3.15. The molecule has 1 aliphatic rings. The van der Waals surface area contributed by atoms with E-state index in [-0.39, 0.29) is 22.6 Å². The van der Waals surface area contributed by atoms with E-state index in [0.29, 0.717) is 29.8 Å². The first-order valence-corrected chi connectivity index (χ1v) is 10.4. The fourth-order valence-corrected chi connectivity index (χ4v) is 4.45. The summed E-state index contributed by atoms with van der Waals surface area (Å²) in [6, 6.07) is 14.4. The molecule has 1 unspecified atom stereocenters. The number of nitrogens with zero attached hydrogens (tertiary/aromatic N) is 5. The molecule has 0 saturated heterocycles. The highest BCUT2D eigenvalue weighted by Gasteiger charge is 2.36. The second-order valence-electron chi connectivity index (χ2n) is 7.69. The highest BCUT2D eigenvalue weighted by atomic mass is 35.5. The van der Waals surface area contributed by atoms with Crippen molar-refractivity contribution in [2.24, 2.45) is 0 Å². The summed E-state index contributed by atoms with van der Waals surface area (Å²) in [6.07, 6.45) is 0.530. The molecule has 0 radical (unpaired) electrons. The SMILES string of the molecule is [C-]#[N+]c1cc(C#N)nc(N2CCc3c([nH]c4ccc(Cl)c(F)c34)C2c2ccc(C)cc2)n1. The Morgan fingerprint density at radius 2 is 2.03 bits per heavy atom. The Morgan fingerprint density at radius 3 is 2.75 bits per heavy atom. The Hall–Kier alpha value is -3.94. The zero-order valence-electron chi connectivity index (χ0n) is 17.0. The number of aromatic amines is 1. The molecule has 0 amide bonds. The minimum Gasteiger partial charge on any atom is -0.360 e. The second kappa shape index (κ2) is 7.64. The van der Waals surface area contributed by atoms with Gasteiger partial charge in [-0.15, -0.1) is 0 Å². The molecule has 0 saturated carbocycles. The molecule has 2 aromatic heterocycles. The fourth-order valence-electron chi connectivity index (χ4n) is 4.29. The van der Waals surface area contributed by atoms with E-state index in [2.05, 4.69) is 19.8 Å². The molecule has 1 aliphatic heterocycles. The molecule has 4 aromatic rings. The van der Waals surface area contributed by atoms with Gasteiger partial charge in [-0.25, -0.2) is 4.39 Å². The van der Waals surface area contributed by atoms with Gasteiger partial charge < -0.3 is 14.7 Å². The highest BCUT2D eigenvalue weighted by molar-refractivity contribution is 6.31. The van der Waals surface area contributed by atoms with E-state index in [1.807, 2.05) is 42.2 Å². The first kappa shape index (κ1) is 20.0. The molecule has 0 bridgehead atoms. The minimum atomic E-state index is -0.434. The lowest BCUT2D eigenvalue weighted by Gasteiger charge is -2.35. The topological polar surface area (TPSA) is 73.0 Å². The summed E-state index contributed by atoms with van der Waals surface area (Å²) in [7, 11) is 0. The van der Waals surface area contributed by atoms with Crippen molar-refractivity contribution in [2.75, 3.05) is 11.4 Å². The van der Waals surface area contributed by atoms with Crippen molar-refractivity contribution in [1.82, 2.24) is 15.0 Å². The first-order chi connectivity index (χ1) is 15.5. The van der Waals surface area contributed by atoms with Crippen LogP contribution in [0.4, 0.5) is 16.2 Å². The molecular formula is C24H16ClFN6. The Labute approximate surface area is 188 Å². The lowest BCUT2D eigenvalue weighted by Crippen LogP contribution is -2.37. The van der Waals surface area contributed by atoms with Crippen LogP contribution < -0.4 is 4.90 Å². The summed E-state index contributed by atoms with van der Waals surface area (Å²) in [5, 5.41) is 9.96. The molecule has 6 nitrogen and oxygen atoms in total. The molecule has 32 heavy (non-hydrogen) atoms. The third-order valence-corrected chi connectivity index (χ3v) is 6.05. The zero-order chi connectivity index (χ0) is 22.4. The Bertz CT molecular complexity index is 1410. The van der Waals surface area contributed by atoms with Crippen LogP contribution in [0.1, 0.15) is 34.1 Å². The summed E-state index contributed by atoms with van der Waals surface area (Å²) in [6.45, 7) is 9.84. The van der Waals surface area contributed by atoms with Crippen LogP contribution in [0.15, 0.2) is 42.5 Å². The Balaban J connectivity index is 1.75. The summed E-state index contributed by atoms with van der Waals surface area (Å²) in [5.41, 5.74) is 4.57. The van der Waals surface area contributed by atoms with Crippen LogP contribution in [0.3, 0.4) is 0 Å². The van der Waals surface area contributed by atoms with Gasteiger partial charge in [0.15, 0.2) is 5.82 Å². The summed E-state index contributed by atoms with van der Waals surface area (Å²) >= 11 is 6.07. The molecule has 8 heteroatoms. The number of aromatic nitrogens is 3. The van der Waals surface area contributed by atoms with Crippen LogP contribution in [0.2, 0.25) is 5.02 Å². The van der Waals surface area contributed by atoms with Crippen molar-refractivity contribution in [3.63, 3.8) is 0 Å². The number of benzene rings is 2. The van der Waals surface area contributed by atoms with Gasteiger partial charge in [-0.2, -0.15) is 10.2 Å². The van der Waals surface area contributed by atoms with Gasteiger partial charge >= 0.3 is 5.95 Å². The predicted molar refractivity (Wildman–Crippen MR) is 120 cm³/mol. The average Bonchev–Trinajstić information content (AvgIpc) is 3.20. The number of rotatable bonds is 2. The number of aryl methyl sites for hydroxylation is 1. The summed E-state index contributed by atoms with van der Waals surface area (Å²) < 4.78 is 15.0. The Morgan fingerprint density at radius 1 is 1.25 bits per heavy atom. The molecule has 5 rings (SSSR count). The number of anilines is 1. The molecule has 1 N–H and O–H groups in total. The summed E-state index contributed by atoms with van der Waals surface area (Å²) in [5.74, 6) is -0.0336. The van der Waals surface area contributed by atoms with E-state index in [0.717, 1.165) is 22.4 Å². The number of hydrogen-bond donors (Lipinski definition) is 1. The minimum absolute atomic E-state index is 0.0837. The van der Waals surface area contributed by atoms with Crippen LogP contribution in [0.5, 0.6) is 0 Å². The van der Waals surface area contributed by atoms with Crippen molar-refractivity contribution < 1.29 is 4.39 Å². The first-order valence-electron chi connectivity index (χ1n) is 9.98. The molecule has 0 aliphatic carbocycles. The van der Waals surface area contributed by atoms with Crippen molar-refractivity contribution in [3.05, 3.63) is 92.8 Å². The number of nitriles is 1. The normalized spacial score (nSPS) is 15.3. The van der Waals surface area contributed by atoms with Crippen LogP contribution in [-0.2, 0) is 6.42 Å². The predicted octanol–water partition coefficient (Wildman–Crippen LogP) is 5.63. The lowest BCUT2D eigenvalue weighted by molar-refractivity contribution is 0.620. The van der Waals surface area contributed by atoms with E-state index in [1.54, 1.807) is 12.1 Å². The van der Waals surface area contributed by atoms with Crippen LogP contribution in [0, 0.1) is 30.6 Å². The van der Waals surface area contributed by atoms with E-state index < -0.39 is 5.82 Å². The average molecular weight is 443 g/mol. The van der Waals surface area contributed by atoms with Crippen LogP contribution in [0.25, 0.3) is 15.7 Å². The van der Waals surface area contributed by atoms with Crippen molar-refractivity contribution in [3.8, 4) is 6.07 Å². The van der Waals surface area contributed by atoms with Gasteiger partial charge in [0.25, 0.3) is 5.82 Å². The molecule has 3 heterocycles. The molecule has 0 fully saturated rings. The zero-order valence-corrected chi connectivity index (χ0v) is 17.8. The maximum atomic E-state index is 15.0. The van der Waals surface area contributed by atoms with Crippen molar-refractivity contribution in [1.29, 1.82) is 5.26 Å². The van der Waals surface area contributed by atoms with Gasteiger partial charge in [0, 0.05) is 29.2 Å². The molecule has 0 spiro atoms. The van der Waals surface area contributed by atoms with Gasteiger partial charge in [0.05, 0.1) is 11.1 Å². The molecule has 2 aromatic carbocycles. The lowest BCUT2D eigenvalue weighted by atomic mass is 9.92. The molecule has 1 atom stereocenters. The van der Waals surface area contributed by atoms with Crippen LogP contribution in [-0.4, -0.2) is 21.5 Å². The molecule has 156 valence electrons. The van der Waals surface area contributed by atoms with E-state index in [9.17, 15) is 9.65 Å². The smallest absolute Gasteiger partial charge is 0.324 e. The van der Waals surface area contributed by atoms with E-state index in [1.165, 1.54) is 6.07 Å². The number of hydrogen-bond acceptors (Lipinski definition) is 4. The van der Waals surface area contributed by atoms with E-state index in [4.69, 9.17) is 18.2 Å². The fraction of sp³-hybridized carbons (Fsp3) is 0.167. The highest BCUT2D eigenvalue weighted by Crippen LogP contribution is 2.41. The molecular weight excluding hydrogens is 427 g/mol. The van der Waals surface area contributed by atoms with Crippen LogP contribution >= 0.6 is 11.6 Å². The number of fused-ring (bicyclic) bond motifs is 3. The number of halogens is 2. The Kier molecular flexibility index (Phi) is 4.77. The third-order valence-electron chi connectivity index (χ3n) is 5.76. The maximum Gasteiger partial charge on any atom is 0.324 e. The second-order valence-corrected chi connectivity index (χ2v) is 8.10. The quantitative estimate of drug-likeness (QED) is 0.408. The number of H-pyrrole nitrogens is 1.